The van der Waals surface area contributed by atoms with E-state index in [1.165, 1.54) is 37.3 Å². The van der Waals surface area contributed by atoms with Crippen LogP contribution in [0.1, 0.15) is 70.6 Å². The molecule has 0 saturated carbocycles. The van der Waals surface area contributed by atoms with Gasteiger partial charge in [0.15, 0.2) is 9.84 Å². The number of aliphatic hydroxyl groups excluding tert-OH is 1. The van der Waals surface area contributed by atoms with Gasteiger partial charge in [0.2, 0.25) is 11.8 Å². The molecule has 14 nitrogen and oxygen atoms in total. The monoisotopic (exact) mass is 921 g/mol. The van der Waals surface area contributed by atoms with Crippen molar-refractivity contribution in [1.29, 1.82) is 0 Å². The van der Waals surface area contributed by atoms with Crippen LogP contribution in [0.3, 0.4) is 0 Å². The number of carbonyl (C=O) groups excluding carboxylic acids is 4. The highest BCUT2D eigenvalue weighted by molar-refractivity contribution is 9.10. The van der Waals surface area contributed by atoms with E-state index in [9.17, 15) is 32.7 Å². The predicted molar refractivity (Wildman–Crippen MR) is 238 cm³/mol. The molecule has 0 aliphatic carbocycles. The fraction of sp³-hybridized carbons (Fsp3) is 0.378. The number of rotatable bonds is 22. The molecule has 5 atom stereocenters. The molecule has 0 aliphatic rings. The lowest BCUT2D eigenvalue weighted by Crippen LogP contribution is -2.54. The van der Waals surface area contributed by atoms with E-state index < -0.39 is 63.8 Å². The van der Waals surface area contributed by atoms with Gasteiger partial charge in [-0.3, -0.25) is 19.2 Å². The summed E-state index contributed by atoms with van der Waals surface area (Å²) < 4.78 is 36.9. The third-order valence-corrected chi connectivity index (χ3v) is 11.2. The largest absolute Gasteiger partial charge is 0.391 e. The first-order valence-electron chi connectivity index (χ1n) is 19.8. The molecule has 0 radical (unpaired) electrons. The van der Waals surface area contributed by atoms with Crippen LogP contribution >= 0.6 is 15.9 Å². The Hall–Kier alpha value is -5.13. The second kappa shape index (κ2) is 23.2. The van der Waals surface area contributed by atoms with Gasteiger partial charge in [-0.05, 0) is 59.9 Å². The number of ether oxygens (including phenoxy) is 2. The molecule has 4 aromatic carbocycles. The molecule has 0 aromatic heterocycles. The summed E-state index contributed by atoms with van der Waals surface area (Å²) in [5.41, 5.74) is 2.95. The number of amides is 4. The van der Waals surface area contributed by atoms with Gasteiger partial charge in [-0.2, -0.15) is 0 Å². The van der Waals surface area contributed by atoms with Gasteiger partial charge >= 0.3 is 0 Å². The second-order valence-electron chi connectivity index (χ2n) is 15.3. The average Bonchev–Trinajstić information content (AvgIpc) is 3.23. The minimum atomic E-state index is -3.51. The zero-order valence-electron chi connectivity index (χ0n) is 35.3. The normalized spacial score (nSPS) is 13.9. The summed E-state index contributed by atoms with van der Waals surface area (Å²) in [6.07, 6.45) is -1.88. The number of nitrogens with zero attached hydrogens (tertiary/aromatic N) is 1. The number of sulfone groups is 1. The molecule has 4 aromatic rings. The first-order valence-corrected chi connectivity index (χ1v) is 22.6. The summed E-state index contributed by atoms with van der Waals surface area (Å²) in [5.74, 6) is -2.92. The summed E-state index contributed by atoms with van der Waals surface area (Å²) in [6.45, 7) is 5.61. The van der Waals surface area contributed by atoms with E-state index in [0.29, 0.717) is 0 Å². The molecule has 0 spiro atoms. The van der Waals surface area contributed by atoms with Crippen molar-refractivity contribution in [2.45, 2.75) is 70.7 Å². The number of nitrogens with one attached hydrogen (secondary N) is 4. The molecule has 16 heteroatoms. The number of aliphatic hydroxyl groups is 1. The lowest BCUT2D eigenvalue weighted by atomic mass is 10.0. The number of methoxy groups -OCH3 is 1. The highest BCUT2D eigenvalue weighted by Gasteiger charge is 2.32. The first kappa shape index (κ1) is 48.5. The zero-order valence-corrected chi connectivity index (χ0v) is 37.7. The van der Waals surface area contributed by atoms with Gasteiger partial charge in [-0.25, -0.2) is 8.42 Å². The highest BCUT2D eigenvalue weighted by Crippen LogP contribution is 2.22. The molecule has 0 heterocycles. The summed E-state index contributed by atoms with van der Waals surface area (Å²) in [6, 6.07) is 28.0. The van der Waals surface area contributed by atoms with E-state index in [0.717, 1.165) is 27.4 Å². The van der Waals surface area contributed by atoms with Crippen LogP contribution in [-0.2, 0) is 42.1 Å². The lowest BCUT2D eigenvalue weighted by Gasteiger charge is -2.28. The van der Waals surface area contributed by atoms with Gasteiger partial charge in [0.1, 0.15) is 18.0 Å². The van der Waals surface area contributed by atoms with Crippen LogP contribution in [0.4, 0.5) is 5.69 Å². The van der Waals surface area contributed by atoms with E-state index in [4.69, 9.17) is 9.47 Å². The van der Waals surface area contributed by atoms with Crippen LogP contribution in [0.25, 0.3) is 0 Å². The van der Waals surface area contributed by atoms with Crippen molar-refractivity contribution in [1.82, 2.24) is 21.3 Å². The number of hydrogen-bond acceptors (Lipinski definition) is 10. The minimum Gasteiger partial charge on any atom is -0.391 e. The van der Waals surface area contributed by atoms with Crippen LogP contribution in [-0.4, -0.2) is 94.3 Å². The molecule has 4 rings (SSSR count). The van der Waals surface area contributed by atoms with Gasteiger partial charge in [0.05, 0.1) is 31.4 Å². The number of anilines is 1. The SMILES string of the molecule is CO[C@H](C[C@H](O)[C@H](COCc1ccc(Br)cc1)NC(=O)c1cc(C(=O)N[C@H](C)c2ccccc2)cc(N(C)CS(C)(=O)=O)c1)C(=O)N[C@H](C(=O)NCc1ccccc1)C(C)C. The van der Waals surface area contributed by atoms with Gasteiger partial charge < -0.3 is 40.7 Å². The number of benzene rings is 4. The van der Waals surface area contributed by atoms with Crippen LogP contribution in [0.2, 0.25) is 0 Å². The predicted octanol–water partition coefficient (Wildman–Crippen LogP) is 4.92. The van der Waals surface area contributed by atoms with Crippen molar-refractivity contribution < 1.29 is 42.2 Å². The third-order valence-electron chi connectivity index (χ3n) is 9.81. The molecule has 0 saturated heterocycles. The molecule has 0 aliphatic heterocycles. The lowest BCUT2D eigenvalue weighted by molar-refractivity contribution is -0.137. The van der Waals surface area contributed by atoms with Crippen LogP contribution in [0, 0.1) is 5.92 Å². The fourth-order valence-corrected chi connectivity index (χ4v) is 7.50. The van der Waals surface area contributed by atoms with E-state index in [1.54, 1.807) is 13.8 Å². The maximum Gasteiger partial charge on any atom is 0.251 e. The minimum absolute atomic E-state index is 0.00259. The molecular weight excluding hydrogens is 866 g/mol. The first-order chi connectivity index (χ1) is 28.9. The standard InChI is InChI=1S/C45H56BrN5O9S/c1-29(2)41(45(56)47-25-31-13-9-7-10-14-31)50-44(55)40(59-5)24-39(52)38(27-60-26-32-17-19-36(46)20-18-32)49-43(54)35-21-34(22-37(23-35)51(4)28-61(6,57)58)42(53)48-30(3)33-15-11-8-12-16-33/h7-23,29-30,38-41,52H,24-28H2,1-6H3,(H,47,56)(H,48,53)(H,49,54)(H,50,55)/t30-,38+,39+,40-,41+/m1/s1. The van der Waals surface area contributed by atoms with E-state index in [1.807, 2.05) is 91.9 Å². The van der Waals surface area contributed by atoms with Crippen molar-refractivity contribution >= 4 is 55.1 Å². The molecule has 0 fully saturated rings. The van der Waals surface area contributed by atoms with Crippen LogP contribution in [0.5, 0.6) is 0 Å². The molecule has 0 bridgehead atoms. The molecule has 61 heavy (non-hydrogen) atoms. The van der Waals surface area contributed by atoms with Crippen LogP contribution in [0.15, 0.2) is 108 Å². The fourth-order valence-electron chi connectivity index (χ4n) is 6.38. The topological polar surface area (TPSA) is 192 Å². The van der Waals surface area contributed by atoms with E-state index >= 15 is 0 Å². The van der Waals surface area contributed by atoms with E-state index in [-0.39, 0.29) is 54.8 Å². The van der Waals surface area contributed by atoms with Crippen molar-refractivity contribution in [2.75, 3.05) is 37.8 Å². The summed E-state index contributed by atoms with van der Waals surface area (Å²) >= 11 is 3.41. The summed E-state index contributed by atoms with van der Waals surface area (Å²) in [7, 11) is -0.673. The Morgan fingerprint density at radius 3 is 1.95 bits per heavy atom. The second-order valence-corrected chi connectivity index (χ2v) is 18.3. The zero-order chi connectivity index (χ0) is 44.7. The maximum absolute atomic E-state index is 14.2. The van der Waals surface area contributed by atoms with Crippen LogP contribution < -0.4 is 26.2 Å². The Bertz CT molecular complexity index is 2180. The van der Waals surface area contributed by atoms with Gasteiger partial charge in [-0.1, -0.05) is 103 Å². The third kappa shape index (κ3) is 15.7. The van der Waals surface area contributed by atoms with Gasteiger partial charge in [-0.15, -0.1) is 0 Å². The average molecular weight is 923 g/mol. The van der Waals surface area contributed by atoms with Crippen molar-refractivity contribution in [3.63, 3.8) is 0 Å². The number of carbonyl (C=O) groups is 4. The van der Waals surface area contributed by atoms with Gasteiger partial charge in [0.25, 0.3) is 11.8 Å². The Kier molecular flexibility index (Phi) is 18.4. The molecule has 328 valence electrons. The maximum atomic E-state index is 14.2. The molecular formula is C45H56BrN5O9S. The van der Waals surface area contributed by atoms with Crippen molar-refractivity contribution in [3.8, 4) is 0 Å². The Balaban J connectivity index is 1.57. The van der Waals surface area contributed by atoms with Crippen molar-refractivity contribution in [2.24, 2.45) is 5.92 Å². The Labute approximate surface area is 366 Å². The summed E-state index contributed by atoms with van der Waals surface area (Å²) in [4.78, 5) is 56.1. The summed E-state index contributed by atoms with van der Waals surface area (Å²) in [5, 5.41) is 23.1. The number of hydrogen-bond donors (Lipinski definition) is 5. The molecule has 5 N–H and O–H groups in total. The molecule has 0 unspecified atom stereocenters. The quantitative estimate of drug-likeness (QED) is 0.0724. The molecule has 4 amide bonds. The Morgan fingerprint density at radius 2 is 1.38 bits per heavy atom. The van der Waals surface area contributed by atoms with E-state index in [2.05, 4.69) is 37.2 Å². The highest BCUT2D eigenvalue weighted by atomic mass is 79.9. The Morgan fingerprint density at radius 1 is 0.787 bits per heavy atom. The number of halogens is 1. The van der Waals surface area contributed by atoms with Gasteiger partial charge in [0, 0.05) is 54.7 Å². The smallest absolute Gasteiger partial charge is 0.251 e. The van der Waals surface area contributed by atoms with Crippen molar-refractivity contribution in [3.05, 3.63) is 135 Å².